The number of amides is 2. The second kappa shape index (κ2) is 6.34. The average molecular weight is 299 g/mol. The van der Waals surface area contributed by atoms with Crippen LogP contribution < -0.4 is 20.1 Å². The van der Waals surface area contributed by atoms with Crippen LogP contribution in [0.25, 0.3) is 0 Å². The van der Waals surface area contributed by atoms with E-state index in [4.69, 9.17) is 9.47 Å². The second-order valence-electron chi connectivity index (χ2n) is 4.95. The summed E-state index contributed by atoms with van der Waals surface area (Å²) >= 11 is 0. The maximum Gasteiger partial charge on any atom is 0.319 e. The van der Waals surface area contributed by atoms with Crippen molar-refractivity contribution in [1.82, 2.24) is 10.3 Å². The molecule has 0 bridgehead atoms. The molecule has 2 heterocycles. The highest BCUT2D eigenvalue weighted by Gasteiger charge is 2.22. The number of urea groups is 1. The van der Waals surface area contributed by atoms with E-state index in [2.05, 4.69) is 15.6 Å². The third-order valence-electron chi connectivity index (χ3n) is 3.42. The van der Waals surface area contributed by atoms with Crippen LogP contribution in [0.3, 0.4) is 0 Å². The minimum atomic E-state index is -0.314. The van der Waals surface area contributed by atoms with Gasteiger partial charge in [0.1, 0.15) is 17.5 Å². The van der Waals surface area contributed by atoms with Gasteiger partial charge in [-0.2, -0.15) is 0 Å². The van der Waals surface area contributed by atoms with Crippen molar-refractivity contribution in [2.45, 2.75) is 12.5 Å². The molecule has 1 aliphatic heterocycles. The molecule has 1 aromatic carbocycles. The first kappa shape index (κ1) is 14.2. The van der Waals surface area contributed by atoms with E-state index < -0.39 is 0 Å². The Balaban J connectivity index is 1.51. The van der Waals surface area contributed by atoms with Crippen molar-refractivity contribution in [3.63, 3.8) is 0 Å². The van der Waals surface area contributed by atoms with Crippen LogP contribution in [0.1, 0.15) is 5.56 Å². The van der Waals surface area contributed by atoms with E-state index in [1.807, 2.05) is 24.3 Å². The predicted octanol–water partition coefficient (Wildman–Crippen LogP) is 2.22. The number of hydrogen-bond donors (Lipinski definition) is 2. The minimum Gasteiger partial charge on any atom is -0.488 e. The normalized spacial score (nSPS) is 15.6. The summed E-state index contributed by atoms with van der Waals surface area (Å²) in [6.45, 7) is 0.434. The first-order chi connectivity index (χ1) is 10.8. The molecule has 0 radical (unpaired) electrons. The zero-order valence-corrected chi connectivity index (χ0v) is 12.2. The number of aromatic nitrogens is 1. The third-order valence-corrected chi connectivity index (χ3v) is 3.42. The third kappa shape index (κ3) is 3.11. The fourth-order valence-electron chi connectivity index (χ4n) is 2.39. The van der Waals surface area contributed by atoms with Crippen LogP contribution in [0, 0.1) is 0 Å². The standard InChI is InChI=1S/C16H17N3O3/c1-21-15-13(6-4-8-17-15)19-16(20)18-10-12-9-11-5-2-3-7-14(11)22-12/h2-8,12H,9-10H2,1H3,(H2,18,19,20)/t12-/m1/s1. The topological polar surface area (TPSA) is 72.5 Å². The highest BCUT2D eigenvalue weighted by Crippen LogP contribution is 2.27. The molecule has 0 fully saturated rings. The van der Waals surface area contributed by atoms with Crippen LogP contribution in [-0.4, -0.2) is 30.8 Å². The quantitative estimate of drug-likeness (QED) is 0.908. The molecular formula is C16H17N3O3. The number of ether oxygens (including phenoxy) is 2. The lowest BCUT2D eigenvalue weighted by atomic mass is 10.1. The number of hydrogen-bond acceptors (Lipinski definition) is 4. The molecule has 6 nitrogen and oxygen atoms in total. The fourth-order valence-corrected chi connectivity index (χ4v) is 2.39. The van der Waals surface area contributed by atoms with E-state index in [0.29, 0.717) is 18.1 Å². The Morgan fingerprint density at radius 1 is 1.36 bits per heavy atom. The molecule has 114 valence electrons. The van der Waals surface area contributed by atoms with E-state index in [-0.39, 0.29) is 12.1 Å². The van der Waals surface area contributed by atoms with Gasteiger partial charge in [-0.15, -0.1) is 0 Å². The van der Waals surface area contributed by atoms with Crippen molar-refractivity contribution in [3.05, 3.63) is 48.2 Å². The van der Waals surface area contributed by atoms with Crippen molar-refractivity contribution in [3.8, 4) is 11.6 Å². The Morgan fingerprint density at radius 3 is 3.05 bits per heavy atom. The van der Waals surface area contributed by atoms with Gasteiger partial charge >= 0.3 is 6.03 Å². The molecule has 0 saturated carbocycles. The van der Waals surface area contributed by atoms with Gasteiger partial charge in [-0.3, -0.25) is 0 Å². The number of benzene rings is 1. The number of methoxy groups -OCH3 is 1. The maximum atomic E-state index is 11.9. The lowest BCUT2D eigenvalue weighted by Crippen LogP contribution is -2.37. The van der Waals surface area contributed by atoms with Gasteiger partial charge in [0.05, 0.1) is 13.7 Å². The summed E-state index contributed by atoms with van der Waals surface area (Å²) in [6.07, 6.45) is 2.36. The molecule has 1 atom stereocenters. The van der Waals surface area contributed by atoms with Crippen LogP contribution >= 0.6 is 0 Å². The lowest BCUT2D eigenvalue weighted by Gasteiger charge is -2.13. The van der Waals surface area contributed by atoms with Gasteiger partial charge < -0.3 is 20.1 Å². The van der Waals surface area contributed by atoms with Gasteiger partial charge in [0.2, 0.25) is 5.88 Å². The molecule has 0 saturated heterocycles. The Kier molecular flexibility index (Phi) is 4.09. The molecule has 2 N–H and O–H groups in total. The van der Waals surface area contributed by atoms with Crippen LogP contribution in [0.5, 0.6) is 11.6 Å². The number of pyridine rings is 1. The molecule has 1 aliphatic rings. The van der Waals surface area contributed by atoms with E-state index >= 15 is 0 Å². The number of fused-ring (bicyclic) bond motifs is 1. The molecule has 0 aliphatic carbocycles. The molecule has 1 aromatic heterocycles. The molecule has 3 rings (SSSR count). The molecule has 22 heavy (non-hydrogen) atoms. The van der Waals surface area contributed by atoms with Gasteiger partial charge in [0.15, 0.2) is 0 Å². The highest BCUT2D eigenvalue weighted by atomic mass is 16.5. The highest BCUT2D eigenvalue weighted by molar-refractivity contribution is 5.90. The molecular weight excluding hydrogens is 282 g/mol. The minimum absolute atomic E-state index is 0.0426. The van der Waals surface area contributed by atoms with Crippen molar-refractivity contribution >= 4 is 11.7 Å². The summed E-state index contributed by atoms with van der Waals surface area (Å²) in [7, 11) is 1.51. The molecule has 2 amide bonds. The van der Waals surface area contributed by atoms with Gasteiger partial charge in [-0.25, -0.2) is 9.78 Å². The van der Waals surface area contributed by atoms with Crippen molar-refractivity contribution in [2.24, 2.45) is 0 Å². The number of rotatable bonds is 4. The van der Waals surface area contributed by atoms with Gasteiger partial charge in [0, 0.05) is 12.6 Å². The fraction of sp³-hybridized carbons (Fsp3) is 0.250. The largest absolute Gasteiger partial charge is 0.488 e. The lowest BCUT2D eigenvalue weighted by molar-refractivity contribution is 0.219. The van der Waals surface area contributed by atoms with Crippen molar-refractivity contribution < 1.29 is 14.3 Å². The summed E-state index contributed by atoms with van der Waals surface area (Å²) in [5, 5.41) is 5.51. The number of carbonyl (C=O) groups excluding carboxylic acids is 1. The summed E-state index contributed by atoms with van der Waals surface area (Å²) in [5.41, 5.74) is 1.70. The Labute approximate surface area is 128 Å². The number of para-hydroxylation sites is 1. The van der Waals surface area contributed by atoms with Gasteiger partial charge in [-0.1, -0.05) is 18.2 Å². The molecule has 0 unspecified atom stereocenters. The number of nitrogens with zero attached hydrogens (tertiary/aromatic N) is 1. The van der Waals surface area contributed by atoms with E-state index in [1.54, 1.807) is 18.3 Å². The Hall–Kier alpha value is -2.76. The monoisotopic (exact) mass is 299 g/mol. The summed E-state index contributed by atoms with van der Waals surface area (Å²) < 4.78 is 10.9. The first-order valence-electron chi connectivity index (χ1n) is 7.04. The van der Waals surface area contributed by atoms with E-state index in [0.717, 1.165) is 12.2 Å². The van der Waals surface area contributed by atoms with Crippen LogP contribution in [-0.2, 0) is 6.42 Å². The van der Waals surface area contributed by atoms with Crippen LogP contribution in [0.4, 0.5) is 10.5 Å². The second-order valence-corrected chi connectivity index (χ2v) is 4.95. The molecule has 2 aromatic rings. The zero-order valence-electron chi connectivity index (χ0n) is 12.2. The van der Waals surface area contributed by atoms with Crippen molar-refractivity contribution in [2.75, 3.05) is 19.0 Å². The summed E-state index contributed by atoms with van der Waals surface area (Å²) in [4.78, 5) is 16.0. The van der Waals surface area contributed by atoms with E-state index in [9.17, 15) is 4.79 Å². The molecule has 0 spiro atoms. The average Bonchev–Trinajstić information content (AvgIpc) is 2.96. The SMILES string of the molecule is COc1ncccc1NC(=O)NC[C@H]1Cc2ccccc2O1. The van der Waals surface area contributed by atoms with Crippen molar-refractivity contribution in [1.29, 1.82) is 0 Å². The zero-order chi connectivity index (χ0) is 15.4. The first-order valence-corrected chi connectivity index (χ1v) is 7.04. The summed E-state index contributed by atoms with van der Waals surface area (Å²) in [6, 6.07) is 11.1. The van der Waals surface area contributed by atoms with Gasteiger partial charge in [-0.05, 0) is 23.8 Å². The van der Waals surface area contributed by atoms with Crippen LogP contribution in [0.2, 0.25) is 0 Å². The smallest absolute Gasteiger partial charge is 0.319 e. The predicted molar refractivity (Wildman–Crippen MR) is 82.4 cm³/mol. The van der Waals surface area contributed by atoms with E-state index in [1.165, 1.54) is 12.7 Å². The van der Waals surface area contributed by atoms with Crippen LogP contribution in [0.15, 0.2) is 42.6 Å². The number of anilines is 1. The number of carbonyl (C=O) groups is 1. The Morgan fingerprint density at radius 2 is 2.23 bits per heavy atom. The number of nitrogens with one attached hydrogen (secondary N) is 2. The maximum absolute atomic E-state index is 11.9. The van der Waals surface area contributed by atoms with Gasteiger partial charge in [0.25, 0.3) is 0 Å². The Bertz CT molecular complexity index is 650. The summed E-state index contributed by atoms with van der Waals surface area (Å²) in [5.74, 6) is 1.27. The molecule has 6 heteroatoms.